The molecule has 1 atom stereocenters. The number of nitrogens with two attached hydrogens (primary N) is 3. The first-order chi connectivity index (χ1) is 51.3. The number of halogens is 3. The molecule has 108 heavy (non-hydrogen) atoms. The van der Waals surface area contributed by atoms with Crippen LogP contribution in [0.3, 0.4) is 0 Å². The quantitative estimate of drug-likeness (QED) is 0.0275. The van der Waals surface area contributed by atoms with Crippen molar-refractivity contribution in [1.82, 2.24) is 59.7 Å². The van der Waals surface area contributed by atoms with E-state index in [1.165, 1.54) is 12.5 Å². The zero-order valence-corrected chi connectivity index (χ0v) is 67.0. The molecule has 5 amide bonds. The Bertz CT molecular complexity index is 3920. The van der Waals surface area contributed by atoms with Gasteiger partial charge in [-0.1, -0.05) is 117 Å². The van der Waals surface area contributed by atoms with Crippen molar-refractivity contribution in [2.75, 3.05) is 95.5 Å². The summed E-state index contributed by atoms with van der Waals surface area (Å²) in [5, 5.41) is 16.0. The molecular weight excluding hydrogens is 1440 g/mol. The summed E-state index contributed by atoms with van der Waals surface area (Å²) in [6.07, 6.45) is 3.94. The van der Waals surface area contributed by atoms with Gasteiger partial charge in [0.25, 0.3) is 0 Å². The molecular formula is C78H109Cl3N16O11. The van der Waals surface area contributed by atoms with E-state index in [-0.39, 0.29) is 47.1 Å². The fraction of sp³-hybridized carbons (Fsp3) is 0.474. The molecule has 0 spiro atoms. The highest BCUT2D eigenvalue weighted by Crippen LogP contribution is 2.36. The summed E-state index contributed by atoms with van der Waals surface area (Å²) >= 11 is 17.6. The Labute approximate surface area is 650 Å². The van der Waals surface area contributed by atoms with E-state index in [1.54, 1.807) is 25.7 Å². The number of likely N-dealkylation sites (N-methyl/N-ethyl adjacent to an activating group) is 2. The van der Waals surface area contributed by atoms with Crippen LogP contribution in [0.5, 0.6) is 11.8 Å². The van der Waals surface area contributed by atoms with E-state index in [0.717, 1.165) is 102 Å². The largest absolute Gasteiger partial charge is 0.508 e. The van der Waals surface area contributed by atoms with Crippen LogP contribution in [0.2, 0.25) is 15.7 Å². The number of rotatable bonds is 15. The van der Waals surface area contributed by atoms with Crippen LogP contribution in [0.25, 0.3) is 10.8 Å². The van der Waals surface area contributed by atoms with Crippen LogP contribution < -0.4 is 32.2 Å². The second-order valence-electron chi connectivity index (χ2n) is 27.1. The van der Waals surface area contributed by atoms with Crippen molar-refractivity contribution in [2.24, 2.45) is 5.73 Å². The molecule has 27 nitrogen and oxygen atoms in total. The number of fused-ring (bicyclic) bond motifs is 4. The third kappa shape index (κ3) is 29.9. The Hall–Kier alpha value is -9.54. The van der Waals surface area contributed by atoms with Gasteiger partial charge in [0.05, 0.1) is 36.7 Å². The number of anilines is 3. The van der Waals surface area contributed by atoms with Crippen LogP contribution in [0.4, 0.5) is 36.5 Å². The maximum atomic E-state index is 12.0. The molecule has 1 saturated heterocycles. The van der Waals surface area contributed by atoms with Gasteiger partial charge in [-0.3, -0.25) is 4.79 Å². The highest BCUT2D eigenvalue weighted by Gasteiger charge is 2.31. The van der Waals surface area contributed by atoms with Crippen molar-refractivity contribution in [3.05, 3.63) is 170 Å². The van der Waals surface area contributed by atoms with Gasteiger partial charge < -0.3 is 80.7 Å². The summed E-state index contributed by atoms with van der Waals surface area (Å²) < 4.78 is 26.3. The summed E-state index contributed by atoms with van der Waals surface area (Å²) in [4.78, 5) is 92.7. The Morgan fingerprint density at radius 2 is 1.11 bits per heavy atom. The summed E-state index contributed by atoms with van der Waals surface area (Å²) in [7, 11) is 2.13. The third-order valence-electron chi connectivity index (χ3n) is 16.9. The van der Waals surface area contributed by atoms with E-state index < -0.39 is 17.3 Å². The molecule has 7 aromatic rings. The number of primary amides is 1. The minimum absolute atomic E-state index is 0.0139. The first-order valence-electron chi connectivity index (χ1n) is 36.3. The molecule has 4 aromatic carbocycles. The fourth-order valence-corrected chi connectivity index (χ4v) is 12.0. The number of phenols is 1. The zero-order chi connectivity index (χ0) is 79.7. The van der Waals surface area contributed by atoms with Gasteiger partial charge in [-0.05, 0) is 180 Å². The second kappa shape index (κ2) is 44.7. The molecule has 11 rings (SSSR count). The number of nitrogens with one attached hydrogen (secondary N) is 1. The van der Waals surface area contributed by atoms with Gasteiger partial charge in [-0.15, -0.1) is 0 Å². The number of aromatic hydroxyl groups is 1. The molecule has 1 fully saturated rings. The molecule has 0 saturated carbocycles. The topological polar surface area (TPSA) is 339 Å². The summed E-state index contributed by atoms with van der Waals surface area (Å²) in [6.45, 7) is 36.9. The monoisotopic (exact) mass is 1550 g/mol. The second-order valence-corrected chi connectivity index (χ2v) is 28.1. The SMILES string of the molecule is C=CC(=O)N(CC)CC.CC(C)(C)OC(=O)N1CCc2c(Cl)nc(Cl)nc2C1.CC(C)(C)OC(=O)N1CCc2c(N)nc(Cl)nc2C1.CCN(CC)C(=O)OCc1ccccc1.CCNCC.CN1CCC[C@H]1COc1nc(N)c2c(n1)CN(c1cc(O)cc3ccccc13)CC2.NC(=O)OCc1ccccc1. The molecule has 588 valence electrons. The number of likely N-dealkylation sites (tertiary alicyclic amines) is 1. The maximum Gasteiger partial charge on any atom is 0.410 e. The highest BCUT2D eigenvalue weighted by molar-refractivity contribution is 6.32. The average molecular weight is 1550 g/mol. The number of amides is 5. The predicted octanol–water partition coefficient (Wildman–Crippen LogP) is 13.6. The Morgan fingerprint density at radius 1 is 0.620 bits per heavy atom. The van der Waals surface area contributed by atoms with Crippen molar-refractivity contribution < 1.29 is 52.8 Å². The van der Waals surface area contributed by atoms with E-state index in [0.29, 0.717) is 112 Å². The lowest BCUT2D eigenvalue weighted by atomic mass is 10.0. The lowest BCUT2D eigenvalue weighted by molar-refractivity contribution is -0.125. The van der Waals surface area contributed by atoms with Gasteiger partial charge in [0.15, 0.2) is 0 Å². The van der Waals surface area contributed by atoms with Gasteiger partial charge in [0.2, 0.25) is 16.5 Å². The van der Waals surface area contributed by atoms with Crippen LogP contribution in [0.1, 0.15) is 141 Å². The van der Waals surface area contributed by atoms with Crippen LogP contribution >= 0.6 is 34.8 Å². The Kier molecular flexibility index (Phi) is 36.9. The number of ether oxygens (including phenoxy) is 5. The molecule has 0 bridgehead atoms. The summed E-state index contributed by atoms with van der Waals surface area (Å²) in [5.74, 6) is 1.18. The van der Waals surface area contributed by atoms with Gasteiger partial charge in [0.1, 0.15) is 53.6 Å². The lowest BCUT2D eigenvalue weighted by Gasteiger charge is -2.31. The van der Waals surface area contributed by atoms with Crippen molar-refractivity contribution in [3.8, 4) is 11.8 Å². The molecule has 30 heteroatoms. The van der Waals surface area contributed by atoms with E-state index in [2.05, 4.69) is 78.3 Å². The van der Waals surface area contributed by atoms with Crippen LogP contribution in [0, 0.1) is 0 Å². The zero-order valence-electron chi connectivity index (χ0n) is 64.7. The summed E-state index contributed by atoms with van der Waals surface area (Å²) in [5.41, 5.74) is 23.7. The Balaban J connectivity index is 0.000000239. The van der Waals surface area contributed by atoms with Crippen molar-refractivity contribution >= 4 is 93.2 Å². The third-order valence-corrected chi connectivity index (χ3v) is 17.5. The first kappa shape index (κ1) is 89.1. The molecule has 0 aliphatic carbocycles. The van der Waals surface area contributed by atoms with Gasteiger partial charge >= 0.3 is 30.4 Å². The molecule has 8 N–H and O–H groups in total. The first-order valence-corrected chi connectivity index (χ1v) is 37.4. The van der Waals surface area contributed by atoms with Crippen molar-refractivity contribution in [3.63, 3.8) is 0 Å². The van der Waals surface area contributed by atoms with Crippen LogP contribution in [-0.2, 0) is 75.9 Å². The average Bonchev–Trinajstić information content (AvgIpc) is 1.11. The van der Waals surface area contributed by atoms with Gasteiger partial charge in [-0.25, -0.2) is 39.1 Å². The normalized spacial score (nSPS) is 14.0. The predicted molar refractivity (Wildman–Crippen MR) is 425 cm³/mol. The number of nitrogen functional groups attached to an aromatic ring is 2. The number of carbonyl (C=O) groups excluding carboxylic acids is 5. The van der Waals surface area contributed by atoms with E-state index in [4.69, 9.17) is 75.9 Å². The molecule has 4 aliphatic heterocycles. The molecule has 0 unspecified atom stereocenters. The van der Waals surface area contributed by atoms with E-state index >= 15 is 0 Å². The smallest absolute Gasteiger partial charge is 0.410 e. The number of carbonyl (C=O) groups is 5. The number of benzene rings is 4. The molecule has 0 radical (unpaired) electrons. The molecule has 4 aliphatic rings. The fourth-order valence-electron chi connectivity index (χ4n) is 11.3. The number of hydrogen-bond acceptors (Lipinski definition) is 22. The maximum absolute atomic E-state index is 12.0. The number of nitrogens with zero attached hydrogens (tertiary/aromatic N) is 12. The highest BCUT2D eigenvalue weighted by atomic mass is 35.5. The van der Waals surface area contributed by atoms with Crippen LogP contribution in [-0.4, -0.2) is 186 Å². The van der Waals surface area contributed by atoms with Crippen molar-refractivity contribution in [2.45, 2.75) is 165 Å². The summed E-state index contributed by atoms with van der Waals surface area (Å²) in [6, 6.07) is 31.5. The van der Waals surface area contributed by atoms with E-state index in [9.17, 15) is 29.1 Å². The lowest BCUT2D eigenvalue weighted by Crippen LogP contribution is -2.40. The van der Waals surface area contributed by atoms with Gasteiger partial charge in [-0.2, -0.15) is 9.97 Å². The minimum atomic E-state index is -0.742. The minimum Gasteiger partial charge on any atom is -0.508 e. The number of aromatic nitrogens is 6. The van der Waals surface area contributed by atoms with Crippen LogP contribution in [0.15, 0.2) is 110 Å². The van der Waals surface area contributed by atoms with E-state index in [1.807, 2.05) is 154 Å². The van der Waals surface area contributed by atoms with Gasteiger partial charge in [0, 0.05) is 85.7 Å². The molecule has 7 heterocycles. The number of hydrogen-bond donors (Lipinski definition) is 5. The standard InChI is InChI=1S/C23H27N5O2.C12H15Cl2N3O2.C12H17ClN4O2.C12H17NO2.C8H9NO2.C7H13NO.C4H11N/c1-27-9-4-6-16(27)14-30-23-25-20-13-28(10-8-19(20)22(24)26-23)21-12-17(29)11-15-5-2-3-7-18(15)21;1-12(2,3)19-11(18)17-5-4-7-8(6-17)15-10(14)16-9(7)13;1-12(2,3)19-11(18)17-5-4-7-8(6-17)15-10(13)16-9(7)14;1-3-13(4-2)12(14)15-10-11-8-6-5-7-9-11;9-8(10)11-6-7-4-2-1-3-5-7;1-4-7(9)8(5-2)6-3;1-3-5-4-2/h2-3,5,7,11-12,16,29H,4,6,8-10,13-14H2,1H3,(H2,24,25,26);4-6H2,1-3H3;4-6H2,1-3H3,(H2,14,15,16);5-9H,3-4,10H2,1-2H3;1-5H,6H2,(H2,9,10);4H,1,5-6H2,2-3H3;5H,3-4H2,1-2H3/t16-;;;;;;/m0....../s1. The Morgan fingerprint density at radius 3 is 1.60 bits per heavy atom. The molecule has 3 aromatic heterocycles. The number of phenolic OH excluding ortho intramolecular Hbond substituents is 1. The van der Waals surface area contributed by atoms with Crippen molar-refractivity contribution in [1.29, 1.82) is 0 Å².